The molecule has 0 saturated carbocycles. The maximum absolute atomic E-state index is 6.40. The van der Waals surface area contributed by atoms with Gasteiger partial charge < -0.3 is 4.42 Å². The molecule has 0 spiro atoms. The van der Waals surface area contributed by atoms with E-state index in [0.29, 0.717) is 0 Å². The van der Waals surface area contributed by atoms with Crippen LogP contribution in [0.15, 0.2) is 166 Å². The van der Waals surface area contributed by atoms with E-state index in [0.717, 1.165) is 117 Å². The first-order valence-corrected chi connectivity index (χ1v) is 18.8. The summed E-state index contributed by atoms with van der Waals surface area (Å²) in [6.07, 6.45) is 17.1. The predicted octanol–water partition coefficient (Wildman–Crippen LogP) is 12.3. The van der Waals surface area contributed by atoms with Crippen molar-refractivity contribution in [3.05, 3.63) is 168 Å². The van der Waals surface area contributed by atoms with Crippen molar-refractivity contribution in [3.63, 3.8) is 0 Å². The fraction of sp³-hybridized carbons (Fsp3) is 0.167. The number of hydrogen-bond donors (Lipinski definition) is 0. The van der Waals surface area contributed by atoms with E-state index in [1.54, 1.807) is 0 Å². The van der Waals surface area contributed by atoms with Gasteiger partial charge >= 0.3 is 0 Å². The summed E-state index contributed by atoms with van der Waals surface area (Å²) < 4.78 is 6.40. The Morgan fingerprint density at radius 1 is 0.679 bits per heavy atom. The van der Waals surface area contributed by atoms with Gasteiger partial charge in [-0.25, -0.2) is 15.0 Å². The van der Waals surface area contributed by atoms with E-state index in [-0.39, 0.29) is 12.0 Å². The molecule has 5 heteroatoms. The number of rotatable bonds is 6. The predicted molar refractivity (Wildman–Crippen MR) is 218 cm³/mol. The van der Waals surface area contributed by atoms with Gasteiger partial charge in [0.1, 0.15) is 5.52 Å². The Hall–Kier alpha value is -6.20. The number of para-hydroxylation sites is 1. The molecule has 256 valence electrons. The van der Waals surface area contributed by atoms with Crippen LogP contribution in [0.2, 0.25) is 0 Å². The summed E-state index contributed by atoms with van der Waals surface area (Å²) in [5.74, 6) is 1.89. The highest BCUT2D eigenvalue weighted by Gasteiger charge is 2.24. The number of hydrogen-bond acceptors (Lipinski definition) is 5. The lowest BCUT2D eigenvalue weighted by Crippen LogP contribution is -2.18. The fourth-order valence-corrected chi connectivity index (χ4v) is 8.11. The molecule has 5 nitrogen and oxygen atoms in total. The van der Waals surface area contributed by atoms with Crippen molar-refractivity contribution >= 4 is 44.3 Å². The number of aliphatic imine (C=N–C) groups is 2. The third kappa shape index (κ3) is 5.92. The smallest absolute Gasteiger partial charge is 0.202 e. The zero-order valence-corrected chi connectivity index (χ0v) is 29.5. The number of fused-ring (bicyclic) bond motifs is 5. The third-order valence-electron chi connectivity index (χ3n) is 10.9. The average Bonchev–Trinajstić information content (AvgIpc) is 3.69. The molecule has 0 saturated heterocycles. The Morgan fingerprint density at radius 3 is 2.38 bits per heavy atom. The molecule has 53 heavy (non-hydrogen) atoms. The SMILES string of the molecule is C1=CCCC(C2=NC(c3ccc(-c4cccc(-c5nc6ccccc6c6c5ccc5oc(C7C=CCCC7)nc56)c4)cc3)CC(c3ccccc3)=N2)=C1. The van der Waals surface area contributed by atoms with E-state index in [1.165, 1.54) is 11.1 Å². The topological polar surface area (TPSA) is 63.6 Å². The highest BCUT2D eigenvalue weighted by Crippen LogP contribution is 2.40. The number of amidine groups is 1. The standard InChI is InChI=1S/C48H38N4O/c1-4-13-32(14-5-1)41-30-42(51-47(50-41)34-15-6-2-7-16-34)33-25-23-31(24-26-33)36-19-12-20-37(29-36)45-39-27-28-43-46(44(39)38-21-10-11-22-40(38)49-45)52-48(53-43)35-17-8-3-9-18-35/h1-2,4-6,8,10-15,17,19-29,35,42H,3,7,9,16,18,30H2. The summed E-state index contributed by atoms with van der Waals surface area (Å²) in [5.41, 5.74) is 11.7. The van der Waals surface area contributed by atoms with E-state index in [1.807, 2.05) is 0 Å². The van der Waals surface area contributed by atoms with E-state index in [4.69, 9.17) is 24.4 Å². The molecule has 7 aromatic rings. The molecular weight excluding hydrogens is 649 g/mol. The van der Waals surface area contributed by atoms with E-state index in [9.17, 15) is 0 Å². The maximum atomic E-state index is 6.40. The highest BCUT2D eigenvalue weighted by atomic mass is 16.3. The first kappa shape index (κ1) is 31.5. The highest BCUT2D eigenvalue weighted by molar-refractivity contribution is 6.20. The van der Waals surface area contributed by atoms with Crippen molar-refractivity contribution in [2.45, 2.75) is 50.5 Å². The third-order valence-corrected chi connectivity index (χ3v) is 10.9. The summed E-state index contributed by atoms with van der Waals surface area (Å²) in [7, 11) is 0. The minimum Gasteiger partial charge on any atom is -0.440 e. The molecule has 2 aliphatic carbocycles. The molecule has 2 unspecified atom stereocenters. The zero-order chi connectivity index (χ0) is 35.1. The summed E-state index contributed by atoms with van der Waals surface area (Å²) in [6.45, 7) is 0. The van der Waals surface area contributed by atoms with Gasteiger partial charge in [0.15, 0.2) is 11.4 Å². The van der Waals surface area contributed by atoms with Gasteiger partial charge in [0.2, 0.25) is 5.89 Å². The van der Waals surface area contributed by atoms with E-state index in [2.05, 4.69) is 146 Å². The van der Waals surface area contributed by atoms with Crippen LogP contribution in [-0.4, -0.2) is 21.5 Å². The molecule has 3 heterocycles. The molecule has 2 atom stereocenters. The summed E-state index contributed by atoms with van der Waals surface area (Å²) >= 11 is 0. The van der Waals surface area contributed by atoms with E-state index < -0.39 is 0 Å². The first-order valence-electron chi connectivity index (χ1n) is 18.8. The molecule has 10 rings (SSSR count). The van der Waals surface area contributed by atoms with Gasteiger partial charge in [-0.2, -0.15) is 0 Å². The van der Waals surface area contributed by atoms with Crippen LogP contribution in [0.25, 0.3) is 55.2 Å². The monoisotopic (exact) mass is 686 g/mol. The molecule has 0 radical (unpaired) electrons. The van der Waals surface area contributed by atoms with Gasteiger partial charge in [-0.3, -0.25) is 4.99 Å². The Morgan fingerprint density at radius 2 is 1.53 bits per heavy atom. The van der Waals surface area contributed by atoms with Gasteiger partial charge in [-0.05, 0) is 84.2 Å². The van der Waals surface area contributed by atoms with Crippen LogP contribution in [0.3, 0.4) is 0 Å². The van der Waals surface area contributed by atoms with Crippen molar-refractivity contribution < 1.29 is 4.42 Å². The van der Waals surface area contributed by atoms with Gasteiger partial charge in [0, 0.05) is 28.1 Å². The normalized spacial score (nSPS) is 18.7. The molecule has 3 aliphatic rings. The zero-order valence-electron chi connectivity index (χ0n) is 29.5. The molecule has 0 amide bonds. The van der Waals surface area contributed by atoms with Crippen molar-refractivity contribution in [1.29, 1.82) is 0 Å². The number of allylic oxidation sites excluding steroid dienone is 5. The van der Waals surface area contributed by atoms with Gasteiger partial charge in [0.25, 0.3) is 0 Å². The molecule has 0 fully saturated rings. The molecule has 1 aliphatic heterocycles. The lowest BCUT2D eigenvalue weighted by atomic mass is 9.93. The number of oxazole rings is 1. The van der Waals surface area contributed by atoms with Crippen molar-refractivity contribution in [1.82, 2.24) is 9.97 Å². The first-order chi connectivity index (χ1) is 26.2. The van der Waals surface area contributed by atoms with Crippen LogP contribution in [-0.2, 0) is 0 Å². The fourth-order valence-electron chi connectivity index (χ4n) is 8.11. The lowest BCUT2D eigenvalue weighted by Gasteiger charge is -2.23. The quantitative estimate of drug-likeness (QED) is 0.129. The number of aromatic nitrogens is 2. The minimum atomic E-state index is 0.000999. The van der Waals surface area contributed by atoms with Crippen LogP contribution in [0, 0.1) is 0 Å². The maximum Gasteiger partial charge on any atom is 0.202 e. The van der Waals surface area contributed by atoms with Gasteiger partial charge in [-0.1, -0.05) is 121 Å². The number of nitrogens with zero attached hydrogens (tertiary/aromatic N) is 4. The van der Waals surface area contributed by atoms with Crippen molar-refractivity contribution in [3.8, 4) is 22.4 Å². The van der Waals surface area contributed by atoms with Gasteiger partial charge in [0.05, 0.1) is 28.9 Å². The van der Waals surface area contributed by atoms with Crippen LogP contribution in [0.5, 0.6) is 0 Å². The van der Waals surface area contributed by atoms with Crippen LogP contribution >= 0.6 is 0 Å². The van der Waals surface area contributed by atoms with Crippen LogP contribution in [0.1, 0.15) is 67.5 Å². The second kappa shape index (κ2) is 13.4. The number of benzene rings is 5. The van der Waals surface area contributed by atoms with Crippen molar-refractivity contribution in [2.75, 3.05) is 0 Å². The van der Waals surface area contributed by atoms with E-state index >= 15 is 0 Å². The minimum absolute atomic E-state index is 0.000999. The molecule has 2 aromatic heterocycles. The van der Waals surface area contributed by atoms with Crippen LogP contribution < -0.4 is 0 Å². The Labute approximate surface area is 308 Å². The largest absolute Gasteiger partial charge is 0.440 e. The lowest BCUT2D eigenvalue weighted by molar-refractivity contribution is 0.477. The molecule has 5 aromatic carbocycles. The number of pyridine rings is 1. The molecule has 0 bridgehead atoms. The molecule has 0 N–H and O–H groups in total. The van der Waals surface area contributed by atoms with Gasteiger partial charge in [-0.15, -0.1) is 0 Å². The average molecular weight is 687 g/mol. The second-order valence-electron chi connectivity index (χ2n) is 14.3. The van der Waals surface area contributed by atoms with Crippen LogP contribution in [0.4, 0.5) is 0 Å². The Kier molecular flexibility index (Phi) is 7.98. The Bertz CT molecular complexity index is 2680. The van der Waals surface area contributed by atoms with Crippen molar-refractivity contribution in [2.24, 2.45) is 9.98 Å². The summed E-state index contributed by atoms with van der Waals surface area (Å²) in [6, 6.07) is 40.8. The molecular formula is C48H38N4O. The summed E-state index contributed by atoms with van der Waals surface area (Å²) in [4.78, 5) is 20.7. The summed E-state index contributed by atoms with van der Waals surface area (Å²) in [5, 5.41) is 3.26. The Balaban J connectivity index is 1.01. The second-order valence-corrected chi connectivity index (χ2v) is 14.3.